The third-order valence-electron chi connectivity index (χ3n) is 5.75. The van der Waals surface area contributed by atoms with Gasteiger partial charge in [0.1, 0.15) is 11.9 Å². The Kier molecular flexibility index (Phi) is 5.27. The normalized spacial score (nSPS) is 16.7. The number of pyridine rings is 1. The first kappa shape index (κ1) is 20.8. The van der Waals surface area contributed by atoms with Gasteiger partial charge in [-0.3, -0.25) is 4.68 Å². The lowest BCUT2D eigenvalue weighted by molar-refractivity contribution is 0.0392. The van der Waals surface area contributed by atoms with Crippen LogP contribution in [0.4, 0.5) is 10.3 Å². The van der Waals surface area contributed by atoms with Gasteiger partial charge < -0.3 is 9.64 Å². The molecule has 1 atom stereocenters. The number of aryl methyl sites for hydroxylation is 3. The number of ether oxygens (including phenoxy) is 1. The summed E-state index contributed by atoms with van der Waals surface area (Å²) in [5.74, 6) is 0.0617. The van der Waals surface area contributed by atoms with E-state index >= 15 is 0 Å². The highest BCUT2D eigenvalue weighted by Crippen LogP contribution is 2.33. The zero-order valence-corrected chi connectivity index (χ0v) is 18.8. The fourth-order valence-corrected chi connectivity index (χ4v) is 4.06. The fourth-order valence-electron chi connectivity index (χ4n) is 3.90. The predicted octanol–water partition coefficient (Wildman–Crippen LogP) is 4.41. The van der Waals surface area contributed by atoms with Gasteiger partial charge in [0.25, 0.3) is 0 Å². The molecule has 4 aromatic rings. The molecule has 0 spiro atoms. The quantitative estimate of drug-likeness (QED) is 0.458. The van der Waals surface area contributed by atoms with Crippen molar-refractivity contribution in [3.05, 3.63) is 64.3 Å². The van der Waals surface area contributed by atoms with Gasteiger partial charge in [0.05, 0.1) is 25.0 Å². The SMILES string of the molecule is Cc1cc2c(-c3ccc(Cl)cc3F)nc(N3CCOC(c4cnn(C)c4)C3)nc2nc1C. The van der Waals surface area contributed by atoms with Crippen LogP contribution < -0.4 is 4.90 Å². The van der Waals surface area contributed by atoms with Crippen LogP contribution in [0.2, 0.25) is 5.02 Å². The van der Waals surface area contributed by atoms with Crippen molar-refractivity contribution in [1.82, 2.24) is 24.7 Å². The molecule has 0 radical (unpaired) electrons. The van der Waals surface area contributed by atoms with Crippen LogP contribution in [0.5, 0.6) is 0 Å². The highest BCUT2D eigenvalue weighted by Gasteiger charge is 2.26. The summed E-state index contributed by atoms with van der Waals surface area (Å²) in [5.41, 5.74) is 4.26. The number of rotatable bonds is 3. The van der Waals surface area contributed by atoms with Crippen molar-refractivity contribution in [3.63, 3.8) is 0 Å². The van der Waals surface area contributed by atoms with E-state index in [9.17, 15) is 4.39 Å². The van der Waals surface area contributed by atoms with Crippen LogP contribution in [-0.2, 0) is 11.8 Å². The maximum atomic E-state index is 14.9. The Labute approximate surface area is 189 Å². The maximum Gasteiger partial charge on any atom is 0.228 e. The number of benzene rings is 1. The molecule has 9 heteroatoms. The Morgan fingerprint density at radius 1 is 1.16 bits per heavy atom. The van der Waals surface area contributed by atoms with E-state index in [2.05, 4.69) is 15.0 Å². The van der Waals surface area contributed by atoms with Crippen molar-refractivity contribution < 1.29 is 9.13 Å². The molecule has 3 aromatic heterocycles. The van der Waals surface area contributed by atoms with Gasteiger partial charge in [0.2, 0.25) is 5.95 Å². The van der Waals surface area contributed by atoms with Gasteiger partial charge in [-0.2, -0.15) is 10.1 Å². The Bertz CT molecular complexity index is 1320. The van der Waals surface area contributed by atoms with Gasteiger partial charge >= 0.3 is 0 Å². The van der Waals surface area contributed by atoms with Gasteiger partial charge in [0, 0.05) is 47.0 Å². The summed E-state index contributed by atoms with van der Waals surface area (Å²) >= 11 is 5.98. The van der Waals surface area contributed by atoms with Crippen LogP contribution in [0.3, 0.4) is 0 Å². The van der Waals surface area contributed by atoms with Gasteiger partial charge in [-0.15, -0.1) is 0 Å². The lowest BCUT2D eigenvalue weighted by Crippen LogP contribution is -2.39. The number of anilines is 1. The zero-order valence-electron chi connectivity index (χ0n) is 18.0. The summed E-state index contributed by atoms with van der Waals surface area (Å²) < 4.78 is 22.6. The van der Waals surface area contributed by atoms with E-state index in [4.69, 9.17) is 26.3 Å². The highest BCUT2D eigenvalue weighted by molar-refractivity contribution is 6.30. The number of aromatic nitrogens is 5. The summed E-state index contributed by atoms with van der Waals surface area (Å²) in [4.78, 5) is 16.3. The van der Waals surface area contributed by atoms with Crippen LogP contribution in [0.15, 0.2) is 36.7 Å². The molecule has 0 N–H and O–H groups in total. The van der Waals surface area contributed by atoms with Gasteiger partial charge in [-0.25, -0.2) is 14.4 Å². The van der Waals surface area contributed by atoms with E-state index in [0.717, 1.165) is 16.8 Å². The Morgan fingerprint density at radius 2 is 2.00 bits per heavy atom. The highest BCUT2D eigenvalue weighted by atomic mass is 35.5. The van der Waals surface area contributed by atoms with Crippen molar-refractivity contribution in [2.75, 3.05) is 24.6 Å². The predicted molar refractivity (Wildman–Crippen MR) is 121 cm³/mol. The number of nitrogens with zero attached hydrogens (tertiary/aromatic N) is 6. The van der Waals surface area contributed by atoms with E-state index in [1.54, 1.807) is 23.0 Å². The van der Waals surface area contributed by atoms with Crippen LogP contribution in [0.1, 0.15) is 22.9 Å². The molecule has 1 aliphatic heterocycles. The van der Waals surface area contributed by atoms with Crippen molar-refractivity contribution in [2.24, 2.45) is 7.05 Å². The van der Waals surface area contributed by atoms with E-state index in [0.29, 0.717) is 53.0 Å². The minimum Gasteiger partial charge on any atom is -0.370 e. The molecular formula is C23H22ClFN6O. The molecule has 164 valence electrons. The van der Waals surface area contributed by atoms with Crippen LogP contribution in [0.25, 0.3) is 22.3 Å². The first-order valence-corrected chi connectivity index (χ1v) is 10.7. The summed E-state index contributed by atoms with van der Waals surface area (Å²) in [7, 11) is 1.87. The fraction of sp³-hybridized carbons (Fsp3) is 0.304. The molecule has 32 heavy (non-hydrogen) atoms. The molecule has 0 bridgehead atoms. The molecule has 5 rings (SSSR count). The molecule has 0 saturated carbocycles. The minimum atomic E-state index is -0.433. The van der Waals surface area contributed by atoms with Crippen LogP contribution in [-0.4, -0.2) is 44.4 Å². The molecule has 4 heterocycles. The number of halogens is 2. The molecule has 1 aliphatic rings. The van der Waals surface area contributed by atoms with Gasteiger partial charge in [-0.1, -0.05) is 11.6 Å². The number of hydrogen-bond donors (Lipinski definition) is 0. The second-order valence-corrected chi connectivity index (χ2v) is 8.45. The van der Waals surface area contributed by atoms with Crippen molar-refractivity contribution in [3.8, 4) is 11.3 Å². The molecular weight excluding hydrogens is 431 g/mol. The Morgan fingerprint density at radius 3 is 2.75 bits per heavy atom. The molecule has 0 amide bonds. The van der Waals surface area contributed by atoms with Crippen molar-refractivity contribution in [1.29, 1.82) is 0 Å². The van der Waals surface area contributed by atoms with E-state index in [-0.39, 0.29) is 6.10 Å². The topological polar surface area (TPSA) is 69.0 Å². The van der Waals surface area contributed by atoms with E-state index in [1.165, 1.54) is 6.07 Å². The van der Waals surface area contributed by atoms with Crippen molar-refractivity contribution >= 4 is 28.6 Å². The van der Waals surface area contributed by atoms with Crippen LogP contribution in [0, 0.1) is 19.7 Å². The average Bonchev–Trinajstić information content (AvgIpc) is 3.21. The van der Waals surface area contributed by atoms with Crippen molar-refractivity contribution in [2.45, 2.75) is 20.0 Å². The third kappa shape index (κ3) is 3.80. The second kappa shape index (κ2) is 8.11. The van der Waals surface area contributed by atoms with Crippen LogP contribution >= 0.6 is 11.6 Å². The number of hydrogen-bond acceptors (Lipinski definition) is 6. The average molecular weight is 453 g/mol. The number of fused-ring (bicyclic) bond motifs is 1. The smallest absolute Gasteiger partial charge is 0.228 e. The maximum absolute atomic E-state index is 14.9. The summed E-state index contributed by atoms with van der Waals surface area (Å²) in [6, 6.07) is 6.57. The second-order valence-electron chi connectivity index (χ2n) is 8.01. The van der Waals surface area contributed by atoms with Gasteiger partial charge in [0.15, 0.2) is 5.65 Å². The first-order chi connectivity index (χ1) is 15.4. The lowest BCUT2D eigenvalue weighted by Gasteiger charge is -2.32. The Hall–Kier alpha value is -3.10. The molecule has 1 aromatic carbocycles. The molecule has 0 aliphatic carbocycles. The number of morpholine rings is 1. The molecule has 1 fully saturated rings. The lowest BCUT2D eigenvalue weighted by atomic mass is 10.1. The summed E-state index contributed by atoms with van der Waals surface area (Å²) in [6.45, 7) is 5.61. The summed E-state index contributed by atoms with van der Waals surface area (Å²) in [5, 5.41) is 5.28. The van der Waals surface area contributed by atoms with E-state index in [1.807, 2.05) is 33.2 Å². The largest absolute Gasteiger partial charge is 0.370 e. The third-order valence-corrected chi connectivity index (χ3v) is 5.99. The summed E-state index contributed by atoms with van der Waals surface area (Å²) in [6.07, 6.45) is 3.59. The zero-order chi connectivity index (χ0) is 22.4. The first-order valence-electron chi connectivity index (χ1n) is 10.4. The van der Waals surface area contributed by atoms with E-state index < -0.39 is 5.82 Å². The molecule has 1 unspecified atom stereocenters. The Balaban J connectivity index is 1.62. The molecule has 1 saturated heterocycles. The minimum absolute atomic E-state index is 0.153. The molecule has 7 nitrogen and oxygen atoms in total. The monoisotopic (exact) mass is 452 g/mol. The van der Waals surface area contributed by atoms with Gasteiger partial charge in [-0.05, 0) is 43.7 Å². The standard InChI is InChI=1S/C23H22ClFN6O/c1-13-8-18-21(17-5-4-16(24)9-19(17)25)28-23(29-22(18)27-14(13)2)31-6-7-32-20(12-31)15-10-26-30(3)11-15/h4-5,8-11,20H,6-7,12H2,1-3H3.